The monoisotopic (exact) mass is 344 g/mol. The molecule has 1 rings (SSSR count). The Kier molecular flexibility index (Phi) is 6.50. The Morgan fingerprint density at radius 1 is 1.22 bits per heavy atom. The lowest BCUT2D eigenvalue weighted by atomic mass is 10.1. The van der Waals surface area contributed by atoms with Crippen LogP contribution in [0.25, 0.3) is 0 Å². The van der Waals surface area contributed by atoms with Crippen molar-refractivity contribution in [2.45, 2.75) is 65.0 Å². The van der Waals surface area contributed by atoms with Gasteiger partial charge in [0.15, 0.2) is 0 Å². The molecule has 0 aromatic heterocycles. The topological polar surface area (TPSA) is 67.9 Å². The molecule has 1 N–H and O–H groups in total. The summed E-state index contributed by atoms with van der Waals surface area (Å²) >= 11 is 0. The van der Waals surface area contributed by atoms with Crippen molar-refractivity contribution in [3.05, 3.63) is 0 Å². The number of hydrogen-bond donors (Lipinski definition) is 1. The molecule has 1 aliphatic rings. The first-order chi connectivity index (χ1) is 10.4. The summed E-state index contributed by atoms with van der Waals surface area (Å²) in [5.74, 6) is 0.173. The van der Waals surface area contributed by atoms with Crippen LogP contribution in [0.1, 0.15) is 27.7 Å². The van der Waals surface area contributed by atoms with Crippen molar-refractivity contribution < 1.29 is 19.1 Å². The molecule has 1 fully saturated rings. The van der Waals surface area contributed by atoms with Crippen molar-refractivity contribution in [3.63, 3.8) is 0 Å². The molecule has 2 atom stereocenters. The minimum Gasteiger partial charge on any atom is -0.450 e. The summed E-state index contributed by atoms with van der Waals surface area (Å²) in [4.78, 5) is 25.6. The van der Waals surface area contributed by atoms with Crippen molar-refractivity contribution >= 4 is 20.3 Å². The molecule has 134 valence electrons. The molecule has 7 heteroatoms. The van der Waals surface area contributed by atoms with E-state index in [1.807, 2.05) is 27.7 Å². The van der Waals surface area contributed by atoms with Gasteiger partial charge in [-0.05, 0) is 32.7 Å². The van der Waals surface area contributed by atoms with Crippen LogP contribution in [0.5, 0.6) is 0 Å². The van der Waals surface area contributed by atoms with Crippen molar-refractivity contribution in [3.8, 4) is 0 Å². The summed E-state index contributed by atoms with van der Waals surface area (Å²) in [7, 11) is -1.20. The number of hydrogen-bond acceptors (Lipinski definition) is 4. The Bertz CT molecular complexity index is 429. The van der Waals surface area contributed by atoms with Gasteiger partial charge in [0.05, 0.1) is 12.6 Å². The number of alkyl carbamates (subject to hydrolysis) is 1. The third-order valence-corrected chi connectivity index (χ3v) is 5.35. The van der Waals surface area contributed by atoms with Crippen molar-refractivity contribution in [2.24, 2.45) is 5.92 Å². The molecule has 0 radical (unpaired) electrons. The van der Waals surface area contributed by atoms with E-state index >= 15 is 0 Å². The van der Waals surface area contributed by atoms with Gasteiger partial charge in [-0.15, -0.1) is 0 Å². The van der Waals surface area contributed by atoms with E-state index in [1.165, 1.54) is 0 Å². The highest BCUT2D eigenvalue weighted by atomic mass is 28.3. The van der Waals surface area contributed by atoms with Gasteiger partial charge in [-0.25, -0.2) is 9.59 Å². The number of amides is 2. The van der Waals surface area contributed by atoms with Crippen LogP contribution in [0.2, 0.25) is 25.7 Å². The van der Waals surface area contributed by atoms with Gasteiger partial charge in [0.1, 0.15) is 5.60 Å². The van der Waals surface area contributed by atoms with Crippen LogP contribution in [0.15, 0.2) is 0 Å². The van der Waals surface area contributed by atoms with E-state index in [0.717, 1.165) is 6.04 Å². The first-order valence-electron chi connectivity index (χ1n) is 8.28. The number of carbonyl (C=O) groups excluding carboxylic acids is 2. The molecule has 23 heavy (non-hydrogen) atoms. The predicted octanol–water partition coefficient (Wildman–Crippen LogP) is 3.31. The van der Waals surface area contributed by atoms with Gasteiger partial charge in [-0.3, -0.25) is 0 Å². The summed E-state index contributed by atoms with van der Waals surface area (Å²) in [6.45, 7) is 15.8. The minimum absolute atomic E-state index is 0.102. The van der Waals surface area contributed by atoms with Gasteiger partial charge >= 0.3 is 12.2 Å². The highest BCUT2D eigenvalue weighted by molar-refractivity contribution is 6.76. The lowest BCUT2D eigenvalue weighted by Crippen LogP contribution is -2.43. The first-order valence-corrected chi connectivity index (χ1v) is 12.0. The van der Waals surface area contributed by atoms with Gasteiger partial charge in [0.2, 0.25) is 0 Å². The Morgan fingerprint density at radius 3 is 2.35 bits per heavy atom. The predicted molar refractivity (Wildman–Crippen MR) is 93.4 cm³/mol. The summed E-state index contributed by atoms with van der Waals surface area (Å²) in [5.41, 5.74) is -0.526. The zero-order chi connectivity index (χ0) is 17.8. The van der Waals surface area contributed by atoms with Crippen LogP contribution in [0, 0.1) is 5.92 Å². The van der Waals surface area contributed by atoms with Crippen LogP contribution in [-0.4, -0.2) is 56.5 Å². The molecule has 0 aliphatic carbocycles. The van der Waals surface area contributed by atoms with Crippen LogP contribution in [0.4, 0.5) is 9.59 Å². The zero-order valence-corrected chi connectivity index (χ0v) is 16.6. The number of ether oxygens (including phenoxy) is 2. The second-order valence-electron chi connectivity index (χ2n) is 8.56. The van der Waals surface area contributed by atoms with Crippen LogP contribution >= 0.6 is 0 Å². The standard InChI is InChI=1S/C16H32N2O4Si/c1-12-10-18(15(20)21-8-9-23(5,6)7)11-13(12)17-14(19)22-16(2,3)4/h12-13H,8-11H2,1-7H3,(H,17,19). The van der Waals surface area contributed by atoms with E-state index in [2.05, 4.69) is 25.0 Å². The van der Waals surface area contributed by atoms with Gasteiger partial charge in [-0.1, -0.05) is 26.6 Å². The van der Waals surface area contributed by atoms with Crippen LogP contribution < -0.4 is 5.32 Å². The molecular weight excluding hydrogens is 312 g/mol. The summed E-state index contributed by atoms with van der Waals surface area (Å²) in [5, 5.41) is 2.85. The summed E-state index contributed by atoms with van der Waals surface area (Å²) < 4.78 is 10.6. The molecule has 0 bridgehead atoms. The molecule has 2 unspecified atom stereocenters. The molecule has 0 aromatic rings. The van der Waals surface area contributed by atoms with Gasteiger partial charge in [-0.2, -0.15) is 0 Å². The van der Waals surface area contributed by atoms with E-state index < -0.39 is 19.8 Å². The second-order valence-corrected chi connectivity index (χ2v) is 14.2. The maximum atomic E-state index is 12.1. The van der Waals surface area contributed by atoms with Crippen molar-refractivity contribution in [1.82, 2.24) is 10.2 Å². The fourth-order valence-electron chi connectivity index (χ4n) is 2.30. The van der Waals surface area contributed by atoms with Crippen LogP contribution in [0.3, 0.4) is 0 Å². The Hall–Kier alpha value is -1.24. The van der Waals surface area contributed by atoms with Crippen molar-refractivity contribution in [1.29, 1.82) is 0 Å². The van der Waals surface area contributed by atoms with E-state index in [0.29, 0.717) is 19.7 Å². The molecule has 1 aliphatic heterocycles. The number of carbonyl (C=O) groups is 2. The maximum Gasteiger partial charge on any atom is 0.409 e. The molecule has 0 spiro atoms. The number of likely N-dealkylation sites (tertiary alicyclic amines) is 1. The molecule has 0 saturated carbocycles. The van der Waals surface area contributed by atoms with E-state index in [4.69, 9.17) is 9.47 Å². The maximum absolute atomic E-state index is 12.1. The highest BCUT2D eigenvalue weighted by Gasteiger charge is 2.35. The normalized spacial score (nSPS) is 22.0. The molecule has 2 amide bonds. The lowest BCUT2D eigenvalue weighted by Gasteiger charge is -2.23. The van der Waals surface area contributed by atoms with Crippen LogP contribution in [-0.2, 0) is 9.47 Å². The fraction of sp³-hybridized carbons (Fsp3) is 0.875. The molecule has 1 saturated heterocycles. The molecular formula is C16H32N2O4Si. The fourth-order valence-corrected chi connectivity index (χ4v) is 3.01. The largest absolute Gasteiger partial charge is 0.450 e. The second kappa shape index (κ2) is 7.55. The average molecular weight is 345 g/mol. The Morgan fingerprint density at radius 2 is 1.83 bits per heavy atom. The Balaban J connectivity index is 2.42. The summed E-state index contributed by atoms with van der Waals surface area (Å²) in [6.07, 6.45) is -0.730. The number of rotatable bonds is 4. The van der Waals surface area contributed by atoms with Gasteiger partial charge in [0, 0.05) is 21.2 Å². The highest BCUT2D eigenvalue weighted by Crippen LogP contribution is 2.19. The third-order valence-electron chi connectivity index (χ3n) is 3.65. The third kappa shape index (κ3) is 7.72. The molecule has 1 heterocycles. The SMILES string of the molecule is CC1CN(C(=O)OCC[Si](C)(C)C)CC1NC(=O)OC(C)(C)C. The first kappa shape index (κ1) is 19.8. The zero-order valence-electron chi connectivity index (χ0n) is 15.6. The number of nitrogens with zero attached hydrogens (tertiary/aromatic N) is 1. The quantitative estimate of drug-likeness (QED) is 0.795. The molecule has 6 nitrogen and oxygen atoms in total. The smallest absolute Gasteiger partial charge is 0.409 e. The van der Waals surface area contributed by atoms with E-state index in [9.17, 15) is 9.59 Å². The Labute approximate surface area is 140 Å². The van der Waals surface area contributed by atoms with E-state index in [1.54, 1.807) is 4.90 Å². The minimum atomic E-state index is -1.20. The average Bonchev–Trinajstić information content (AvgIpc) is 2.66. The number of nitrogens with one attached hydrogen (secondary N) is 1. The lowest BCUT2D eigenvalue weighted by molar-refractivity contribution is 0.0495. The van der Waals surface area contributed by atoms with Gasteiger partial charge in [0.25, 0.3) is 0 Å². The van der Waals surface area contributed by atoms with Crippen molar-refractivity contribution in [2.75, 3.05) is 19.7 Å². The summed E-state index contributed by atoms with van der Waals surface area (Å²) in [6, 6.07) is 0.858. The molecule has 0 aromatic carbocycles. The van der Waals surface area contributed by atoms with Gasteiger partial charge < -0.3 is 19.7 Å². The van der Waals surface area contributed by atoms with E-state index in [-0.39, 0.29) is 18.1 Å².